The number of Topliss-reactive ketones (excluding diaryl/α,β-unsaturated/α-hetero) is 1. The van der Waals surface area contributed by atoms with Crippen LogP contribution < -0.4 is 9.64 Å². The van der Waals surface area contributed by atoms with Crippen molar-refractivity contribution in [2.24, 2.45) is 0 Å². The number of anilines is 1. The first-order chi connectivity index (χ1) is 11.7. The lowest BCUT2D eigenvalue weighted by molar-refractivity contribution is 0.0829. The van der Waals surface area contributed by atoms with Crippen molar-refractivity contribution in [1.82, 2.24) is 4.90 Å². The maximum Gasteiger partial charge on any atom is 0.179 e. The van der Waals surface area contributed by atoms with Crippen LogP contribution in [0.4, 0.5) is 5.69 Å². The molecule has 1 aliphatic rings. The van der Waals surface area contributed by atoms with Gasteiger partial charge in [-0.05, 0) is 19.1 Å². The lowest BCUT2D eigenvalue weighted by atomic mass is 10.0. The van der Waals surface area contributed by atoms with Crippen LogP contribution >= 0.6 is 12.4 Å². The Morgan fingerprint density at radius 2 is 1.56 bits per heavy atom. The van der Waals surface area contributed by atoms with Crippen LogP contribution in [-0.4, -0.2) is 50.0 Å². The zero-order valence-corrected chi connectivity index (χ0v) is 15.5. The van der Waals surface area contributed by atoms with Crippen molar-refractivity contribution in [3.63, 3.8) is 0 Å². The molecule has 1 atom stereocenters. The van der Waals surface area contributed by atoms with Gasteiger partial charge in [0.05, 0.1) is 18.8 Å². The van der Waals surface area contributed by atoms with Crippen LogP contribution in [0.1, 0.15) is 17.3 Å². The molecule has 5 heteroatoms. The van der Waals surface area contributed by atoms with Gasteiger partial charge < -0.3 is 9.64 Å². The van der Waals surface area contributed by atoms with Crippen molar-refractivity contribution in [3.05, 3.63) is 60.2 Å². The number of hydrogen-bond acceptors (Lipinski definition) is 4. The summed E-state index contributed by atoms with van der Waals surface area (Å²) in [5.74, 6) is 1.10. The van der Waals surface area contributed by atoms with Crippen LogP contribution in [0.5, 0.6) is 5.75 Å². The Kier molecular flexibility index (Phi) is 6.85. The second-order valence-corrected chi connectivity index (χ2v) is 6.10. The quantitative estimate of drug-likeness (QED) is 0.764. The van der Waals surface area contributed by atoms with E-state index in [0.29, 0.717) is 0 Å². The number of rotatable bonds is 5. The molecule has 0 radical (unpaired) electrons. The van der Waals surface area contributed by atoms with Crippen molar-refractivity contribution in [3.8, 4) is 5.75 Å². The Hall–Kier alpha value is -2.04. The molecule has 2 aromatic rings. The molecule has 1 unspecified atom stereocenters. The number of ketones is 1. The van der Waals surface area contributed by atoms with E-state index in [1.54, 1.807) is 7.11 Å². The molecule has 0 saturated carbocycles. The van der Waals surface area contributed by atoms with Gasteiger partial charge in [0.25, 0.3) is 0 Å². The minimum atomic E-state index is -0.0905. The number of hydrogen-bond donors (Lipinski definition) is 0. The molecule has 1 saturated heterocycles. The summed E-state index contributed by atoms with van der Waals surface area (Å²) in [6.45, 7) is 5.54. The third-order valence-electron chi connectivity index (χ3n) is 4.73. The molecular weight excluding hydrogens is 336 g/mol. The van der Waals surface area contributed by atoms with Crippen LogP contribution in [-0.2, 0) is 0 Å². The van der Waals surface area contributed by atoms with Gasteiger partial charge in [0.2, 0.25) is 0 Å². The highest BCUT2D eigenvalue weighted by Crippen LogP contribution is 2.28. The zero-order chi connectivity index (χ0) is 16.9. The van der Waals surface area contributed by atoms with Crippen LogP contribution in [0.15, 0.2) is 54.6 Å². The van der Waals surface area contributed by atoms with E-state index in [1.807, 2.05) is 55.5 Å². The summed E-state index contributed by atoms with van der Waals surface area (Å²) in [4.78, 5) is 17.2. The highest BCUT2D eigenvalue weighted by atomic mass is 35.5. The molecule has 25 heavy (non-hydrogen) atoms. The standard InChI is InChI=1S/C20H24N2O2.ClH/c1-16(20(23)17-8-4-3-5-9-17)21-12-14-22(15-13-21)18-10-6-7-11-19(18)24-2;/h3-11,16H,12-15H2,1-2H3;1H. The van der Waals surface area contributed by atoms with E-state index >= 15 is 0 Å². The van der Waals surface area contributed by atoms with E-state index in [2.05, 4.69) is 15.9 Å². The summed E-state index contributed by atoms with van der Waals surface area (Å²) in [5, 5.41) is 0. The van der Waals surface area contributed by atoms with Crippen LogP contribution in [0, 0.1) is 0 Å². The van der Waals surface area contributed by atoms with Gasteiger partial charge in [-0.15, -0.1) is 12.4 Å². The smallest absolute Gasteiger partial charge is 0.179 e. The number of ether oxygens (including phenoxy) is 1. The molecule has 0 aromatic heterocycles. The molecule has 134 valence electrons. The van der Waals surface area contributed by atoms with E-state index in [9.17, 15) is 4.79 Å². The molecule has 3 rings (SSSR count). The van der Waals surface area contributed by atoms with E-state index in [-0.39, 0.29) is 24.2 Å². The number of carbonyl (C=O) groups excluding carboxylic acids is 1. The topological polar surface area (TPSA) is 32.8 Å². The van der Waals surface area contributed by atoms with Crippen molar-refractivity contribution >= 4 is 23.9 Å². The van der Waals surface area contributed by atoms with Gasteiger partial charge in [-0.3, -0.25) is 9.69 Å². The number of benzene rings is 2. The normalized spacial score (nSPS) is 16.0. The van der Waals surface area contributed by atoms with E-state index in [4.69, 9.17) is 4.74 Å². The molecule has 1 aliphatic heterocycles. The van der Waals surface area contributed by atoms with E-state index < -0.39 is 0 Å². The second kappa shape index (κ2) is 8.88. The number of nitrogens with zero attached hydrogens (tertiary/aromatic N) is 2. The minimum Gasteiger partial charge on any atom is -0.495 e. The Morgan fingerprint density at radius 3 is 2.20 bits per heavy atom. The third kappa shape index (κ3) is 4.33. The highest BCUT2D eigenvalue weighted by Gasteiger charge is 2.27. The summed E-state index contributed by atoms with van der Waals surface area (Å²) in [7, 11) is 1.70. The predicted octanol–water partition coefficient (Wildman–Crippen LogP) is 3.51. The van der Waals surface area contributed by atoms with Crippen LogP contribution in [0.25, 0.3) is 0 Å². The van der Waals surface area contributed by atoms with Crippen molar-refractivity contribution in [2.75, 3.05) is 38.2 Å². The van der Waals surface area contributed by atoms with E-state index in [1.165, 1.54) is 0 Å². The van der Waals surface area contributed by atoms with Gasteiger partial charge in [-0.2, -0.15) is 0 Å². The molecule has 0 N–H and O–H groups in total. The molecule has 2 aromatic carbocycles. The zero-order valence-electron chi connectivity index (χ0n) is 14.7. The number of halogens is 1. The first-order valence-corrected chi connectivity index (χ1v) is 8.42. The maximum absolute atomic E-state index is 12.6. The second-order valence-electron chi connectivity index (χ2n) is 6.10. The fourth-order valence-corrected chi connectivity index (χ4v) is 3.25. The van der Waals surface area contributed by atoms with Crippen molar-refractivity contribution < 1.29 is 9.53 Å². The predicted molar refractivity (Wildman–Crippen MR) is 104 cm³/mol. The third-order valence-corrected chi connectivity index (χ3v) is 4.73. The maximum atomic E-state index is 12.6. The fraction of sp³-hybridized carbons (Fsp3) is 0.350. The Labute approximate surface area is 155 Å². The molecule has 0 spiro atoms. The SMILES string of the molecule is COc1ccccc1N1CCN(C(C)C(=O)c2ccccc2)CC1.Cl. The first kappa shape index (κ1) is 19.3. The lowest BCUT2D eigenvalue weighted by Crippen LogP contribution is -2.51. The monoisotopic (exact) mass is 360 g/mol. The van der Waals surface area contributed by atoms with Gasteiger partial charge in [0.15, 0.2) is 5.78 Å². The summed E-state index contributed by atoms with van der Waals surface area (Å²) < 4.78 is 5.46. The number of piperazine rings is 1. The Morgan fingerprint density at radius 1 is 0.960 bits per heavy atom. The van der Waals surface area contributed by atoms with Crippen LogP contribution in [0.2, 0.25) is 0 Å². The average Bonchev–Trinajstić information content (AvgIpc) is 2.67. The molecule has 0 bridgehead atoms. The number of para-hydroxylation sites is 2. The van der Waals surface area contributed by atoms with Gasteiger partial charge in [-0.1, -0.05) is 42.5 Å². The molecule has 0 amide bonds. The number of carbonyl (C=O) groups is 1. The van der Waals surface area contributed by atoms with Gasteiger partial charge in [0.1, 0.15) is 5.75 Å². The first-order valence-electron chi connectivity index (χ1n) is 8.42. The Balaban J connectivity index is 0.00000225. The van der Waals surface area contributed by atoms with E-state index in [0.717, 1.165) is 43.2 Å². The molecule has 1 fully saturated rings. The fourth-order valence-electron chi connectivity index (χ4n) is 3.25. The summed E-state index contributed by atoms with van der Waals surface area (Å²) >= 11 is 0. The highest BCUT2D eigenvalue weighted by molar-refractivity contribution is 5.99. The van der Waals surface area contributed by atoms with Gasteiger partial charge >= 0.3 is 0 Å². The van der Waals surface area contributed by atoms with Crippen molar-refractivity contribution in [2.45, 2.75) is 13.0 Å². The lowest BCUT2D eigenvalue weighted by Gasteiger charge is -2.39. The van der Waals surface area contributed by atoms with Gasteiger partial charge in [0, 0.05) is 31.7 Å². The van der Waals surface area contributed by atoms with Gasteiger partial charge in [-0.25, -0.2) is 0 Å². The van der Waals surface area contributed by atoms with Crippen LogP contribution in [0.3, 0.4) is 0 Å². The Bertz CT molecular complexity index is 685. The summed E-state index contributed by atoms with van der Waals surface area (Å²) in [6.07, 6.45) is 0. The minimum absolute atomic E-state index is 0. The molecule has 4 nitrogen and oxygen atoms in total. The summed E-state index contributed by atoms with van der Waals surface area (Å²) in [6, 6.07) is 17.6. The summed E-state index contributed by atoms with van der Waals surface area (Å²) in [5.41, 5.74) is 1.92. The average molecular weight is 361 g/mol. The molecular formula is C20H25ClN2O2. The van der Waals surface area contributed by atoms with Crippen molar-refractivity contribution in [1.29, 1.82) is 0 Å². The molecule has 0 aliphatic carbocycles. The molecule has 1 heterocycles. The largest absolute Gasteiger partial charge is 0.495 e. The number of methoxy groups -OCH3 is 1.